The summed E-state index contributed by atoms with van der Waals surface area (Å²) in [5, 5.41) is 18.0. The quantitative estimate of drug-likeness (QED) is 0.364. The predicted molar refractivity (Wildman–Crippen MR) is 113 cm³/mol. The van der Waals surface area contributed by atoms with Crippen molar-refractivity contribution in [3.05, 3.63) is 86.0 Å². The van der Waals surface area contributed by atoms with Crippen LogP contribution in [0.4, 0.5) is 11.5 Å². The largest absolute Gasteiger partial charge is 0.463 e. The van der Waals surface area contributed by atoms with E-state index in [2.05, 4.69) is 20.4 Å². The van der Waals surface area contributed by atoms with E-state index in [1.807, 2.05) is 0 Å². The first-order valence-electron chi connectivity index (χ1n) is 9.82. The number of nitro groups is 1. The highest BCUT2D eigenvalue weighted by atomic mass is 16.6. The number of H-pyrrole nitrogens is 1. The molecule has 0 saturated heterocycles. The van der Waals surface area contributed by atoms with E-state index in [-0.39, 0.29) is 28.6 Å². The summed E-state index contributed by atoms with van der Waals surface area (Å²) >= 11 is 0. The fourth-order valence-corrected chi connectivity index (χ4v) is 3.63. The number of aryl methyl sites for hydroxylation is 1. The lowest BCUT2D eigenvalue weighted by Gasteiger charge is -2.09. The Morgan fingerprint density at radius 1 is 1.22 bits per heavy atom. The Labute approximate surface area is 179 Å². The van der Waals surface area contributed by atoms with E-state index in [0.717, 1.165) is 6.42 Å². The number of nitro benzene ring substituents is 1. The van der Waals surface area contributed by atoms with Crippen LogP contribution >= 0.6 is 0 Å². The van der Waals surface area contributed by atoms with E-state index in [0.29, 0.717) is 35.6 Å². The Balaban J connectivity index is 1.54. The van der Waals surface area contributed by atoms with Crippen molar-refractivity contribution in [3.8, 4) is 17.4 Å². The molecular formula is C21H16N6O5. The molecule has 32 heavy (non-hydrogen) atoms. The van der Waals surface area contributed by atoms with Crippen LogP contribution in [0.25, 0.3) is 17.4 Å². The van der Waals surface area contributed by atoms with Crippen LogP contribution in [0.2, 0.25) is 0 Å². The molecule has 1 aliphatic carbocycles. The number of nitrogens with zero attached hydrogens (tertiary/aromatic N) is 4. The zero-order valence-electron chi connectivity index (χ0n) is 16.6. The van der Waals surface area contributed by atoms with Crippen LogP contribution in [0.5, 0.6) is 0 Å². The summed E-state index contributed by atoms with van der Waals surface area (Å²) in [6.07, 6.45) is 3.73. The number of hydrogen-bond acceptors (Lipinski definition) is 7. The Hall–Kier alpha value is -4.54. The summed E-state index contributed by atoms with van der Waals surface area (Å²) in [5.74, 6) is 0.391. The average molecular weight is 432 g/mol. The molecule has 0 radical (unpaired) electrons. The van der Waals surface area contributed by atoms with Gasteiger partial charge in [-0.3, -0.25) is 24.7 Å². The van der Waals surface area contributed by atoms with Gasteiger partial charge >= 0.3 is 0 Å². The lowest BCUT2D eigenvalue weighted by atomic mass is 10.2. The van der Waals surface area contributed by atoms with Crippen LogP contribution in [0.1, 0.15) is 28.0 Å². The van der Waals surface area contributed by atoms with Gasteiger partial charge in [0.15, 0.2) is 5.76 Å². The molecule has 0 atom stereocenters. The van der Waals surface area contributed by atoms with E-state index in [1.54, 1.807) is 18.2 Å². The number of furan rings is 1. The average Bonchev–Trinajstić information content (AvgIpc) is 3.54. The van der Waals surface area contributed by atoms with Gasteiger partial charge in [0.2, 0.25) is 5.95 Å². The van der Waals surface area contributed by atoms with Crippen LogP contribution in [0, 0.1) is 10.1 Å². The number of nitrogens with one attached hydrogen (secondary N) is 2. The van der Waals surface area contributed by atoms with Gasteiger partial charge in [-0.25, -0.2) is 4.98 Å². The van der Waals surface area contributed by atoms with Gasteiger partial charge in [0.25, 0.3) is 17.2 Å². The molecule has 0 saturated carbocycles. The van der Waals surface area contributed by atoms with Crippen molar-refractivity contribution in [2.75, 3.05) is 5.32 Å². The minimum absolute atomic E-state index is 0.119. The zero-order chi connectivity index (χ0) is 22.2. The van der Waals surface area contributed by atoms with Crippen LogP contribution in [-0.2, 0) is 12.8 Å². The zero-order valence-corrected chi connectivity index (χ0v) is 16.6. The molecule has 0 spiro atoms. The van der Waals surface area contributed by atoms with Gasteiger partial charge in [-0.15, -0.1) is 0 Å². The number of aromatic amines is 1. The molecule has 4 aromatic rings. The number of non-ortho nitro benzene ring substituents is 1. The summed E-state index contributed by atoms with van der Waals surface area (Å²) in [6, 6.07) is 10.2. The van der Waals surface area contributed by atoms with Crippen molar-refractivity contribution in [3.63, 3.8) is 0 Å². The second-order valence-electron chi connectivity index (χ2n) is 7.23. The maximum atomic E-state index is 12.8. The highest BCUT2D eigenvalue weighted by molar-refractivity contribution is 6.04. The Morgan fingerprint density at radius 3 is 2.75 bits per heavy atom. The molecule has 2 N–H and O–H groups in total. The first-order valence-corrected chi connectivity index (χ1v) is 9.82. The Bertz CT molecular complexity index is 1390. The number of carbonyl (C=O) groups excluding carboxylic acids is 1. The predicted octanol–water partition coefficient (Wildman–Crippen LogP) is 2.86. The second-order valence-corrected chi connectivity index (χ2v) is 7.23. The van der Waals surface area contributed by atoms with Gasteiger partial charge < -0.3 is 9.73 Å². The SMILES string of the molecule is O=C(Nc1cc(-c2ccco2)nn1-c1nc2c(c(=O)[nH]1)CCC2)c1ccc([N+](=O)[O-])cc1. The molecule has 1 aliphatic rings. The molecule has 1 amide bonds. The second kappa shape index (κ2) is 7.61. The summed E-state index contributed by atoms with van der Waals surface area (Å²) < 4.78 is 6.74. The standard InChI is InChI=1S/C21H16N6O5/c28-19(12-6-8-13(9-7-12)27(30)31)23-18-11-16(17-5-2-10-32-17)25-26(18)21-22-15-4-1-3-14(15)20(29)24-21/h2,5-11H,1,3-4H2,(H,23,28)(H,22,24,29). The van der Waals surface area contributed by atoms with Gasteiger partial charge in [-0.2, -0.15) is 9.78 Å². The van der Waals surface area contributed by atoms with Crippen molar-refractivity contribution in [2.24, 2.45) is 0 Å². The van der Waals surface area contributed by atoms with E-state index in [1.165, 1.54) is 35.2 Å². The smallest absolute Gasteiger partial charge is 0.269 e. The van der Waals surface area contributed by atoms with Crippen LogP contribution < -0.4 is 10.9 Å². The van der Waals surface area contributed by atoms with Crippen molar-refractivity contribution in [1.29, 1.82) is 0 Å². The van der Waals surface area contributed by atoms with Crippen LogP contribution in [-0.4, -0.2) is 30.6 Å². The molecule has 0 bridgehead atoms. The van der Waals surface area contributed by atoms with E-state index in [9.17, 15) is 19.7 Å². The van der Waals surface area contributed by atoms with Crippen molar-refractivity contribution >= 4 is 17.4 Å². The molecule has 0 fully saturated rings. The fraction of sp³-hybridized carbons (Fsp3) is 0.143. The monoisotopic (exact) mass is 432 g/mol. The third-order valence-electron chi connectivity index (χ3n) is 5.19. The lowest BCUT2D eigenvalue weighted by molar-refractivity contribution is -0.384. The van der Waals surface area contributed by atoms with Crippen LogP contribution in [0.15, 0.2) is 57.9 Å². The molecule has 11 heteroatoms. The number of aromatic nitrogens is 4. The molecule has 0 aliphatic heterocycles. The highest BCUT2D eigenvalue weighted by Crippen LogP contribution is 2.25. The normalized spacial score (nSPS) is 12.5. The molecule has 3 heterocycles. The first kappa shape index (κ1) is 19.4. The maximum absolute atomic E-state index is 12.8. The molecular weight excluding hydrogens is 416 g/mol. The molecule has 11 nitrogen and oxygen atoms in total. The third-order valence-corrected chi connectivity index (χ3v) is 5.19. The number of carbonyl (C=O) groups is 1. The van der Waals surface area contributed by atoms with E-state index >= 15 is 0 Å². The van der Waals surface area contributed by atoms with Gasteiger partial charge in [0.05, 0.1) is 16.9 Å². The molecule has 1 aromatic carbocycles. The molecule has 0 unspecified atom stereocenters. The minimum Gasteiger partial charge on any atom is -0.463 e. The van der Waals surface area contributed by atoms with Crippen molar-refractivity contribution < 1.29 is 14.1 Å². The summed E-state index contributed by atoms with van der Waals surface area (Å²) in [5.41, 5.74) is 1.68. The number of hydrogen-bond donors (Lipinski definition) is 2. The van der Waals surface area contributed by atoms with Crippen molar-refractivity contribution in [2.45, 2.75) is 19.3 Å². The molecule has 3 aromatic heterocycles. The Kier molecular flexibility index (Phi) is 4.62. The third kappa shape index (κ3) is 3.45. The number of amides is 1. The van der Waals surface area contributed by atoms with Gasteiger partial charge in [0.1, 0.15) is 11.5 Å². The first-order chi connectivity index (χ1) is 15.5. The topological polar surface area (TPSA) is 149 Å². The van der Waals surface area contributed by atoms with E-state index in [4.69, 9.17) is 4.42 Å². The van der Waals surface area contributed by atoms with Gasteiger partial charge in [0, 0.05) is 29.3 Å². The van der Waals surface area contributed by atoms with Crippen molar-refractivity contribution in [1.82, 2.24) is 19.7 Å². The Morgan fingerprint density at radius 2 is 2.03 bits per heavy atom. The number of rotatable bonds is 5. The number of fused-ring (bicyclic) bond motifs is 1. The maximum Gasteiger partial charge on any atom is 0.269 e. The molecule has 5 rings (SSSR count). The summed E-state index contributed by atoms with van der Waals surface area (Å²) in [7, 11) is 0. The van der Waals surface area contributed by atoms with Gasteiger partial charge in [-0.05, 0) is 43.5 Å². The fourth-order valence-electron chi connectivity index (χ4n) is 3.63. The van der Waals surface area contributed by atoms with E-state index < -0.39 is 10.8 Å². The minimum atomic E-state index is -0.539. The molecule has 160 valence electrons. The number of anilines is 1. The number of benzene rings is 1. The lowest BCUT2D eigenvalue weighted by Crippen LogP contribution is -2.21. The van der Waals surface area contributed by atoms with Crippen LogP contribution in [0.3, 0.4) is 0 Å². The van der Waals surface area contributed by atoms with Gasteiger partial charge in [-0.1, -0.05) is 0 Å². The summed E-state index contributed by atoms with van der Waals surface area (Å²) in [4.78, 5) is 42.9. The summed E-state index contributed by atoms with van der Waals surface area (Å²) in [6.45, 7) is 0. The highest BCUT2D eigenvalue weighted by Gasteiger charge is 2.22.